The highest BCUT2D eigenvalue weighted by atomic mass is 16.5. The highest BCUT2D eigenvalue weighted by Gasteiger charge is 2.16. The summed E-state index contributed by atoms with van der Waals surface area (Å²) in [6.45, 7) is 0. The van der Waals surface area contributed by atoms with Crippen LogP contribution in [0.1, 0.15) is 0 Å². The molecule has 0 bridgehead atoms. The van der Waals surface area contributed by atoms with Crippen LogP contribution in [-0.4, -0.2) is 7.11 Å². The van der Waals surface area contributed by atoms with E-state index >= 15 is 0 Å². The van der Waals surface area contributed by atoms with Crippen molar-refractivity contribution in [1.82, 2.24) is 0 Å². The average molecular weight is 267 g/mol. The molecule has 1 aromatic heterocycles. The van der Waals surface area contributed by atoms with Crippen molar-refractivity contribution in [2.24, 2.45) is 0 Å². The molecular formula is C16H13NO3. The first kappa shape index (κ1) is 12.3. The van der Waals surface area contributed by atoms with Gasteiger partial charge >= 0.3 is 0 Å². The first-order valence-electron chi connectivity index (χ1n) is 6.16. The van der Waals surface area contributed by atoms with Crippen LogP contribution in [0.2, 0.25) is 0 Å². The van der Waals surface area contributed by atoms with Crippen LogP contribution in [0.5, 0.6) is 5.75 Å². The number of hydrogen-bond acceptors (Lipinski definition) is 4. The topological polar surface area (TPSA) is 65.5 Å². The first-order valence-corrected chi connectivity index (χ1v) is 6.16. The second kappa shape index (κ2) is 4.74. The van der Waals surface area contributed by atoms with Crippen molar-refractivity contribution in [3.8, 4) is 17.1 Å². The highest BCUT2D eigenvalue weighted by Crippen LogP contribution is 2.30. The molecule has 20 heavy (non-hydrogen) atoms. The molecule has 0 radical (unpaired) electrons. The van der Waals surface area contributed by atoms with E-state index in [-0.39, 0.29) is 11.2 Å². The number of rotatable bonds is 2. The first-order chi connectivity index (χ1) is 9.70. The Morgan fingerprint density at radius 3 is 2.55 bits per heavy atom. The molecule has 2 aromatic carbocycles. The third-order valence-electron chi connectivity index (χ3n) is 3.11. The van der Waals surface area contributed by atoms with E-state index in [2.05, 4.69) is 0 Å². The van der Waals surface area contributed by atoms with Gasteiger partial charge in [-0.1, -0.05) is 30.3 Å². The van der Waals surface area contributed by atoms with E-state index in [0.29, 0.717) is 22.4 Å². The molecular weight excluding hydrogens is 254 g/mol. The minimum absolute atomic E-state index is 0.189. The van der Waals surface area contributed by atoms with Gasteiger partial charge in [-0.25, -0.2) is 0 Å². The van der Waals surface area contributed by atoms with E-state index in [9.17, 15) is 4.79 Å². The van der Waals surface area contributed by atoms with Gasteiger partial charge < -0.3 is 14.9 Å². The standard InChI is InChI=1S/C16H13NO3/c1-19-16-14(18)12-9-11(17)7-8-13(12)20-15(16)10-5-3-2-4-6-10/h2-9H,17H2,1H3. The van der Waals surface area contributed by atoms with Crippen LogP contribution >= 0.6 is 0 Å². The summed E-state index contributed by atoms with van der Waals surface area (Å²) in [6.07, 6.45) is 0. The molecule has 100 valence electrons. The second-order valence-corrected chi connectivity index (χ2v) is 4.42. The van der Waals surface area contributed by atoms with Gasteiger partial charge in [-0.2, -0.15) is 0 Å². The molecule has 0 aliphatic rings. The van der Waals surface area contributed by atoms with E-state index < -0.39 is 0 Å². The van der Waals surface area contributed by atoms with Gasteiger partial charge in [-0.15, -0.1) is 0 Å². The van der Waals surface area contributed by atoms with E-state index in [1.165, 1.54) is 7.11 Å². The molecule has 0 aliphatic carbocycles. The fourth-order valence-corrected chi connectivity index (χ4v) is 2.16. The molecule has 0 spiro atoms. The van der Waals surface area contributed by atoms with Crippen molar-refractivity contribution in [2.45, 2.75) is 0 Å². The fourth-order valence-electron chi connectivity index (χ4n) is 2.16. The molecule has 4 nitrogen and oxygen atoms in total. The largest absolute Gasteiger partial charge is 0.490 e. The quantitative estimate of drug-likeness (QED) is 0.725. The molecule has 3 rings (SSSR count). The molecule has 1 heterocycles. The van der Waals surface area contributed by atoms with E-state index in [1.54, 1.807) is 18.2 Å². The zero-order valence-corrected chi connectivity index (χ0v) is 10.9. The van der Waals surface area contributed by atoms with Crippen molar-refractivity contribution in [2.75, 3.05) is 12.8 Å². The lowest BCUT2D eigenvalue weighted by Gasteiger charge is -2.09. The Hall–Kier alpha value is -2.75. The summed E-state index contributed by atoms with van der Waals surface area (Å²) >= 11 is 0. The number of benzene rings is 2. The maximum absolute atomic E-state index is 12.5. The third-order valence-corrected chi connectivity index (χ3v) is 3.11. The van der Waals surface area contributed by atoms with Gasteiger partial charge in [0.2, 0.25) is 11.2 Å². The summed E-state index contributed by atoms with van der Waals surface area (Å²) in [5.74, 6) is 0.615. The molecule has 3 aromatic rings. The van der Waals surface area contributed by atoms with Crippen LogP contribution < -0.4 is 15.9 Å². The number of anilines is 1. The lowest BCUT2D eigenvalue weighted by molar-refractivity contribution is 0.399. The molecule has 2 N–H and O–H groups in total. The monoisotopic (exact) mass is 267 g/mol. The number of nitrogens with two attached hydrogens (primary N) is 1. The maximum atomic E-state index is 12.5. The van der Waals surface area contributed by atoms with Crippen molar-refractivity contribution in [1.29, 1.82) is 0 Å². The Bertz CT molecular complexity index is 822. The number of fused-ring (bicyclic) bond motifs is 1. The summed E-state index contributed by atoms with van der Waals surface area (Å²) in [7, 11) is 1.46. The van der Waals surface area contributed by atoms with Gasteiger partial charge in [-0.05, 0) is 18.2 Å². The Kier molecular flexibility index (Phi) is 2.91. The lowest BCUT2D eigenvalue weighted by atomic mass is 10.1. The number of hydrogen-bond donors (Lipinski definition) is 1. The number of ether oxygens (including phenoxy) is 1. The van der Waals surface area contributed by atoms with Crippen LogP contribution in [0, 0.1) is 0 Å². The van der Waals surface area contributed by atoms with Crippen LogP contribution in [0.4, 0.5) is 5.69 Å². The molecule has 0 aliphatic heterocycles. The van der Waals surface area contributed by atoms with Crippen LogP contribution in [0.25, 0.3) is 22.3 Å². The predicted molar refractivity (Wildman–Crippen MR) is 78.9 cm³/mol. The van der Waals surface area contributed by atoms with Crippen LogP contribution in [-0.2, 0) is 0 Å². The number of methoxy groups -OCH3 is 1. The SMILES string of the molecule is COc1c(-c2ccccc2)oc2ccc(N)cc2c1=O. The summed E-state index contributed by atoms with van der Waals surface area (Å²) in [5.41, 5.74) is 7.28. The molecule has 4 heteroatoms. The Morgan fingerprint density at radius 1 is 1.10 bits per heavy atom. The smallest absolute Gasteiger partial charge is 0.235 e. The fraction of sp³-hybridized carbons (Fsp3) is 0.0625. The van der Waals surface area contributed by atoms with E-state index in [0.717, 1.165) is 5.56 Å². The Labute approximate surface area is 115 Å². The van der Waals surface area contributed by atoms with Gasteiger partial charge in [0.1, 0.15) is 5.58 Å². The molecule has 0 atom stereocenters. The second-order valence-electron chi connectivity index (χ2n) is 4.42. The molecule has 0 saturated heterocycles. The van der Waals surface area contributed by atoms with Gasteiger partial charge in [0, 0.05) is 11.3 Å². The number of nitrogen functional groups attached to an aromatic ring is 1. The summed E-state index contributed by atoms with van der Waals surface area (Å²) < 4.78 is 11.1. The maximum Gasteiger partial charge on any atom is 0.235 e. The Morgan fingerprint density at radius 2 is 1.85 bits per heavy atom. The van der Waals surface area contributed by atoms with Gasteiger partial charge in [0.15, 0.2) is 5.76 Å². The average Bonchev–Trinajstić information content (AvgIpc) is 2.48. The summed E-state index contributed by atoms with van der Waals surface area (Å²) in [4.78, 5) is 12.5. The predicted octanol–water partition coefficient (Wildman–Crippen LogP) is 3.05. The van der Waals surface area contributed by atoms with Crippen molar-refractivity contribution >= 4 is 16.7 Å². The van der Waals surface area contributed by atoms with Gasteiger partial charge in [-0.3, -0.25) is 4.79 Å². The van der Waals surface area contributed by atoms with E-state index in [1.807, 2.05) is 30.3 Å². The van der Waals surface area contributed by atoms with Crippen molar-refractivity contribution in [3.63, 3.8) is 0 Å². The third kappa shape index (κ3) is 1.91. The van der Waals surface area contributed by atoms with Gasteiger partial charge in [0.25, 0.3) is 0 Å². The summed E-state index contributed by atoms with van der Waals surface area (Å²) in [6, 6.07) is 14.4. The minimum atomic E-state index is -0.222. The minimum Gasteiger partial charge on any atom is -0.490 e. The van der Waals surface area contributed by atoms with Crippen molar-refractivity contribution < 1.29 is 9.15 Å². The molecule has 0 saturated carbocycles. The zero-order chi connectivity index (χ0) is 14.1. The van der Waals surface area contributed by atoms with Crippen LogP contribution in [0.15, 0.2) is 57.7 Å². The van der Waals surface area contributed by atoms with Gasteiger partial charge in [0.05, 0.1) is 12.5 Å². The highest BCUT2D eigenvalue weighted by molar-refractivity contribution is 5.84. The summed E-state index contributed by atoms with van der Waals surface area (Å²) in [5, 5.41) is 0.418. The lowest BCUT2D eigenvalue weighted by Crippen LogP contribution is -2.07. The van der Waals surface area contributed by atoms with E-state index in [4.69, 9.17) is 14.9 Å². The van der Waals surface area contributed by atoms with Crippen LogP contribution in [0.3, 0.4) is 0 Å². The molecule has 0 amide bonds. The zero-order valence-electron chi connectivity index (χ0n) is 10.9. The van der Waals surface area contributed by atoms with Crippen molar-refractivity contribution in [3.05, 3.63) is 58.8 Å². The normalized spacial score (nSPS) is 10.7. The molecule has 0 unspecified atom stereocenters. The molecule has 0 fully saturated rings. The Balaban J connectivity index is 2.39.